The average Bonchev–Trinajstić information content (AvgIpc) is 2.97. The van der Waals surface area contributed by atoms with Crippen molar-refractivity contribution in [3.05, 3.63) is 58.9 Å². The van der Waals surface area contributed by atoms with Crippen LogP contribution in [0.15, 0.2) is 47.6 Å². The maximum absolute atomic E-state index is 13.0. The van der Waals surface area contributed by atoms with E-state index in [1.165, 1.54) is 22.5 Å². The third-order valence-corrected chi connectivity index (χ3v) is 6.96. The number of carbonyl (C=O) groups is 1. The molecule has 3 rings (SSSR count). The van der Waals surface area contributed by atoms with Crippen molar-refractivity contribution in [1.29, 1.82) is 0 Å². The van der Waals surface area contributed by atoms with Gasteiger partial charge in [0.1, 0.15) is 4.90 Å². The molecule has 0 aliphatic carbocycles. The van der Waals surface area contributed by atoms with Crippen LogP contribution in [0.1, 0.15) is 41.6 Å². The van der Waals surface area contributed by atoms with Crippen molar-refractivity contribution in [2.75, 3.05) is 13.1 Å². The molecule has 6 nitrogen and oxygen atoms in total. The highest BCUT2D eigenvalue weighted by Gasteiger charge is 2.28. The van der Waals surface area contributed by atoms with E-state index in [1.54, 1.807) is 24.5 Å². The number of halogens is 1. The van der Waals surface area contributed by atoms with Crippen LogP contribution in [0.3, 0.4) is 0 Å². The molecule has 0 radical (unpaired) electrons. The van der Waals surface area contributed by atoms with E-state index in [2.05, 4.69) is 10.3 Å². The van der Waals surface area contributed by atoms with E-state index < -0.39 is 10.0 Å². The van der Waals surface area contributed by atoms with Gasteiger partial charge >= 0.3 is 0 Å². The Bertz CT molecular complexity index is 896. The Morgan fingerprint density at radius 1 is 1.07 bits per heavy atom. The van der Waals surface area contributed by atoms with Gasteiger partial charge in [-0.15, -0.1) is 0 Å². The molecule has 144 valence electrons. The summed E-state index contributed by atoms with van der Waals surface area (Å²) >= 11 is 6.17. The fourth-order valence-corrected chi connectivity index (χ4v) is 5.07. The van der Waals surface area contributed by atoms with Gasteiger partial charge in [0.2, 0.25) is 10.0 Å². The van der Waals surface area contributed by atoms with Gasteiger partial charge in [-0.2, -0.15) is 4.31 Å². The van der Waals surface area contributed by atoms with Gasteiger partial charge in [0, 0.05) is 37.6 Å². The number of nitrogens with one attached hydrogen (secondary N) is 1. The molecule has 1 amide bonds. The van der Waals surface area contributed by atoms with Gasteiger partial charge in [-0.25, -0.2) is 8.42 Å². The molecular formula is C19H22ClN3O3S. The van der Waals surface area contributed by atoms with E-state index in [0.717, 1.165) is 31.2 Å². The van der Waals surface area contributed by atoms with Gasteiger partial charge in [0.05, 0.1) is 5.02 Å². The van der Waals surface area contributed by atoms with Gasteiger partial charge in [-0.05, 0) is 48.7 Å². The van der Waals surface area contributed by atoms with Crippen LogP contribution in [0.4, 0.5) is 0 Å². The molecule has 1 aromatic heterocycles. The fourth-order valence-electron chi connectivity index (χ4n) is 3.05. The minimum absolute atomic E-state index is 0.0115. The van der Waals surface area contributed by atoms with Crippen LogP contribution in [-0.4, -0.2) is 36.7 Å². The lowest BCUT2D eigenvalue weighted by Gasteiger charge is -2.21. The molecule has 1 aliphatic heterocycles. The predicted molar refractivity (Wildman–Crippen MR) is 104 cm³/mol. The second-order valence-corrected chi connectivity index (χ2v) is 8.82. The summed E-state index contributed by atoms with van der Waals surface area (Å²) in [4.78, 5) is 16.4. The predicted octanol–water partition coefficient (Wildman–Crippen LogP) is 3.23. The normalized spacial score (nSPS) is 15.9. The first-order valence-electron chi connectivity index (χ1n) is 8.95. The number of amides is 1. The van der Waals surface area contributed by atoms with Crippen LogP contribution in [-0.2, 0) is 16.6 Å². The van der Waals surface area contributed by atoms with Crippen LogP contribution in [0, 0.1) is 0 Å². The largest absolute Gasteiger partial charge is 0.348 e. The summed E-state index contributed by atoms with van der Waals surface area (Å²) in [6.45, 7) is 1.30. The van der Waals surface area contributed by atoms with E-state index >= 15 is 0 Å². The number of nitrogens with zero attached hydrogens (tertiary/aromatic N) is 2. The minimum Gasteiger partial charge on any atom is -0.348 e. The SMILES string of the molecule is O=C(NCc1ccncc1)c1ccc(Cl)c(S(=O)(=O)N2CCCCCC2)c1. The molecule has 2 heterocycles. The van der Waals surface area contributed by atoms with Crippen LogP contribution >= 0.6 is 11.6 Å². The van der Waals surface area contributed by atoms with E-state index in [4.69, 9.17) is 11.6 Å². The number of carbonyl (C=O) groups excluding carboxylic acids is 1. The highest BCUT2D eigenvalue weighted by Crippen LogP contribution is 2.27. The third kappa shape index (κ3) is 4.86. The minimum atomic E-state index is -3.73. The molecule has 2 aromatic rings. The first-order chi connectivity index (χ1) is 13.0. The molecule has 0 saturated carbocycles. The third-order valence-electron chi connectivity index (χ3n) is 4.58. The van der Waals surface area contributed by atoms with E-state index in [0.29, 0.717) is 19.6 Å². The smallest absolute Gasteiger partial charge is 0.251 e. The molecule has 0 atom stereocenters. The van der Waals surface area contributed by atoms with Crippen molar-refractivity contribution >= 4 is 27.5 Å². The maximum atomic E-state index is 13.0. The zero-order valence-electron chi connectivity index (χ0n) is 14.9. The molecule has 0 spiro atoms. The summed E-state index contributed by atoms with van der Waals surface area (Å²) in [7, 11) is -3.73. The number of pyridine rings is 1. The Balaban J connectivity index is 1.80. The van der Waals surface area contributed by atoms with Gasteiger partial charge in [0.25, 0.3) is 5.91 Å². The zero-order chi connectivity index (χ0) is 19.3. The molecule has 1 N–H and O–H groups in total. The Kier molecular flexibility index (Phi) is 6.46. The summed E-state index contributed by atoms with van der Waals surface area (Å²) in [6.07, 6.45) is 7.02. The highest BCUT2D eigenvalue weighted by molar-refractivity contribution is 7.89. The lowest BCUT2D eigenvalue weighted by atomic mass is 10.2. The standard InChI is InChI=1S/C19H22ClN3O3S/c20-17-6-5-16(19(24)22-14-15-7-9-21-10-8-15)13-18(17)27(25,26)23-11-3-1-2-4-12-23/h5-10,13H,1-4,11-12,14H2,(H,22,24). The first kappa shape index (κ1) is 19.8. The Hall–Kier alpha value is -1.96. The Labute approximate surface area is 164 Å². The summed E-state index contributed by atoms with van der Waals surface area (Å²) < 4.78 is 27.5. The van der Waals surface area contributed by atoms with Crippen molar-refractivity contribution < 1.29 is 13.2 Å². The van der Waals surface area contributed by atoms with Crippen molar-refractivity contribution in [1.82, 2.24) is 14.6 Å². The second-order valence-electron chi connectivity index (χ2n) is 6.50. The number of hydrogen-bond donors (Lipinski definition) is 1. The van der Waals surface area contributed by atoms with Crippen molar-refractivity contribution in [2.24, 2.45) is 0 Å². The Morgan fingerprint density at radius 3 is 2.41 bits per heavy atom. The highest BCUT2D eigenvalue weighted by atomic mass is 35.5. The molecule has 8 heteroatoms. The van der Waals surface area contributed by atoms with Crippen LogP contribution in [0.5, 0.6) is 0 Å². The lowest BCUT2D eigenvalue weighted by molar-refractivity contribution is 0.0950. The summed E-state index contributed by atoms with van der Waals surface area (Å²) in [6, 6.07) is 7.97. The first-order valence-corrected chi connectivity index (χ1v) is 10.8. The lowest BCUT2D eigenvalue weighted by Crippen LogP contribution is -2.32. The molecular weight excluding hydrogens is 386 g/mol. The van der Waals surface area contributed by atoms with Gasteiger partial charge in [0.15, 0.2) is 0 Å². The van der Waals surface area contributed by atoms with Gasteiger partial charge in [-0.1, -0.05) is 24.4 Å². The second kappa shape index (κ2) is 8.82. The van der Waals surface area contributed by atoms with Crippen molar-refractivity contribution in [3.8, 4) is 0 Å². The van der Waals surface area contributed by atoms with Gasteiger partial charge in [-0.3, -0.25) is 9.78 Å². The molecule has 0 bridgehead atoms. The van der Waals surface area contributed by atoms with E-state index in [-0.39, 0.29) is 21.4 Å². The molecule has 27 heavy (non-hydrogen) atoms. The molecule has 1 saturated heterocycles. The maximum Gasteiger partial charge on any atom is 0.251 e. The molecule has 1 aromatic carbocycles. The Morgan fingerprint density at radius 2 is 1.74 bits per heavy atom. The topological polar surface area (TPSA) is 79.4 Å². The van der Waals surface area contributed by atoms with Crippen LogP contribution in [0.2, 0.25) is 5.02 Å². The quantitative estimate of drug-likeness (QED) is 0.825. The average molecular weight is 408 g/mol. The molecule has 1 aliphatic rings. The molecule has 1 fully saturated rings. The zero-order valence-corrected chi connectivity index (χ0v) is 16.5. The number of benzene rings is 1. The number of sulfonamides is 1. The summed E-state index contributed by atoms with van der Waals surface area (Å²) in [5.41, 5.74) is 1.17. The summed E-state index contributed by atoms with van der Waals surface area (Å²) in [5.74, 6) is -0.351. The van der Waals surface area contributed by atoms with Crippen molar-refractivity contribution in [2.45, 2.75) is 37.1 Å². The fraction of sp³-hybridized carbons (Fsp3) is 0.368. The number of rotatable bonds is 5. The van der Waals surface area contributed by atoms with Crippen LogP contribution < -0.4 is 5.32 Å². The van der Waals surface area contributed by atoms with Crippen LogP contribution in [0.25, 0.3) is 0 Å². The molecule has 0 unspecified atom stereocenters. The summed E-state index contributed by atoms with van der Waals surface area (Å²) in [5, 5.41) is 2.91. The monoisotopic (exact) mass is 407 g/mol. The van der Waals surface area contributed by atoms with Crippen molar-refractivity contribution in [3.63, 3.8) is 0 Å². The number of hydrogen-bond acceptors (Lipinski definition) is 4. The van der Waals surface area contributed by atoms with E-state index in [1.807, 2.05) is 0 Å². The number of aromatic nitrogens is 1. The van der Waals surface area contributed by atoms with E-state index in [9.17, 15) is 13.2 Å². The van der Waals surface area contributed by atoms with Gasteiger partial charge < -0.3 is 5.32 Å².